The van der Waals surface area contributed by atoms with E-state index in [0.717, 1.165) is 0 Å². The Morgan fingerprint density at radius 2 is 2.14 bits per heavy atom. The molecule has 0 aromatic heterocycles. The van der Waals surface area contributed by atoms with Crippen LogP contribution in [0.3, 0.4) is 0 Å². The molecule has 21 heavy (non-hydrogen) atoms. The van der Waals surface area contributed by atoms with Crippen molar-refractivity contribution in [3.63, 3.8) is 0 Å². The third-order valence-electron chi connectivity index (χ3n) is 2.77. The number of aliphatic hydroxyl groups is 1. The summed E-state index contributed by atoms with van der Waals surface area (Å²) in [6, 6.07) is 5.99. The van der Waals surface area contributed by atoms with E-state index in [1.54, 1.807) is 26.1 Å². The van der Waals surface area contributed by atoms with Crippen LogP contribution < -0.4 is 4.72 Å². The van der Waals surface area contributed by atoms with Crippen molar-refractivity contribution in [1.82, 2.24) is 9.62 Å². The largest absolute Gasteiger partial charge is 0.384 e. The van der Waals surface area contributed by atoms with Crippen molar-refractivity contribution in [2.24, 2.45) is 0 Å². The van der Waals surface area contributed by atoms with Crippen molar-refractivity contribution in [3.05, 3.63) is 29.8 Å². The van der Waals surface area contributed by atoms with E-state index in [2.05, 4.69) is 16.6 Å². The van der Waals surface area contributed by atoms with Gasteiger partial charge >= 0.3 is 0 Å². The number of sulfonamides is 1. The number of hydrogen-bond donors (Lipinski definition) is 2. The molecule has 0 fully saturated rings. The lowest BCUT2D eigenvalue weighted by Gasteiger charge is -2.14. The number of amides is 1. The molecule has 0 unspecified atom stereocenters. The minimum absolute atomic E-state index is 0.0270. The second kappa shape index (κ2) is 7.78. The monoisotopic (exact) mass is 310 g/mol. The first kappa shape index (κ1) is 17.2. The molecule has 0 aliphatic heterocycles. The normalized spacial score (nSPS) is 10.6. The third-order valence-corrected chi connectivity index (χ3v) is 4.17. The highest BCUT2D eigenvalue weighted by Gasteiger charge is 2.16. The van der Waals surface area contributed by atoms with Gasteiger partial charge in [-0.1, -0.05) is 17.9 Å². The van der Waals surface area contributed by atoms with E-state index in [1.807, 2.05) is 0 Å². The van der Waals surface area contributed by atoms with Crippen LogP contribution >= 0.6 is 0 Å². The highest BCUT2D eigenvalue weighted by molar-refractivity contribution is 7.89. The van der Waals surface area contributed by atoms with Gasteiger partial charge in [-0.2, -0.15) is 0 Å². The fourth-order valence-electron chi connectivity index (χ4n) is 1.43. The molecule has 1 aromatic rings. The Kier molecular flexibility index (Phi) is 6.37. The zero-order valence-electron chi connectivity index (χ0n) is 12.0. The van der Waals surface area contributed by atoms with Crippen LogP contribution in [0.5, 0.6) is 0 Å². The van der Waals surface area contributed by atoms with Crippen LogP contribution in [0.2, 0.25) is 0 Å². The fraction of sp³-hybridized carbons (Fsp3) is 0.357. The van der Waals surface area contributed by atoms with E-state index in [1.165, 1.54) is 17.0 Å². The average Bonchev–Trinajstić information content (AvgIpc) is 2.50. The molecule has 0 saturated heterocycles. The van der Waals surface area contributed by atoms with E-state index in [0.29, 0.717) is 12.1 Å². The van der Waals surface area contributed by atoms with Gasteiger partial charge in [-0.25, -0.2) is 13.1 Å². The Morgan fingerprint density at radius 3 is 2.76 bits per heavy atom. The predicted octanol–water partition coefficient (Wildman–Crippen LogP) is -0.213. The van der Waals surface area contributed by atoms with E-state index in [9.17, 15) is 13.2 Å². The molecule has 0 saturated carbocycles. The topological polar surface area (TPSA) is 86.7 Å². The number of aliphatic hydroxyl groups excluding tert-OH is 1. The summed E-state index contributed by atoms with van der Waals surface area (Å²) in [5.74, 6) is 4.77. The minimum Gasteiger partial charge on any atom is -0.384 e. The zero-order valence-corrected chi connectivity index (χ0v) is 12.8. The summed E-state index contributed by atoms with van der Waals surface area (Å²) in [6.07, 6.45) is 0. The molecule has 1 aromatic carbocycles. The number of carbonyl (C=O) groups is 1. The van der Waals surface area contributed by atoms with Crippen LogP contribution in [0, 0.1) is 11.8 Å². The number of hydrogen-bond acceptors (Lipinski definition) is 4. The van der Waals surface area contributed by atoms with Crippen LogP contribution in [0.25, 0.3) is 0 Å². The second-order valence-electron chi connectivity index (χ2n) is 4.22. The molecule has 0 radical (unpaired) electrons. The summed E-state index contributed by atoms with van der Waals surface area (Å²) < 4.78 is 26.4. The number of nitrogens with one attached hydrogen (secondary N) is 1. The van der Waals surface area contributed by atoms with Crippen molar-refractivity contribution < 1.29 is 18.3 Å². The standard InChI is InChI=1S/C14H18N2O4S/c1-3-16(2)14(18)11-15-21(19,20)13-8-4-6-12(10-13)7-5-9-17/h4,6,8,10,15,17H,3,9,11H2,1-2H3. The van der Waals surface area contributed by atoms with Crippen molar-refractivity contribution in [3.8, 4) is 11.8 Å². The molecule has 7 heteroatoms. The zero-order chi connectivity index (χ0) is 15.9. The average molecular weight is 310 g/mol. The van der Waals surface area contributed by atoms with Crippen molar-refractivity contribution in [2.75, 3.05) is 26.7 Å². The van der Waals surface area contributed by atoms with Gasteiger partial charge in [-0.3, -0.25) is 4.79 Å². The smallest absolute Gasteiger partial charge is 0.241 e. The van der Waals surface area contributed by atoms with Crippen LogP contribution in [0.4, 0.5) is 0 Å². The van der Waals surface area contributed by atoms with E-state index < -0.39 is 10.0 Å². The molecule has 0 bridgehead atoms. The lowest BCUT2D eigenvalue weighted by molar-refractivity contribution is -0.128. The van der Waals surface area contributed by atoms with E-state index in [4.69, 9.17) is 5.11 Å². The lowest BCUT2D eigenvalue weighted by Crippen LogP contribution is -2.37. The Hall–Kier alpha value is -1.88. The summed E-state index contributed by atoms with van der Waals surface area (Å²) in [6.45, 7) is 1.72. The lowest BCUT2D eigenvalue weighted by atomic mass is 10.2. The third kappa shape index (κ3) is 5.19. The summed E-state index contributed by atoms with van der Waals surface area (Å²) in [5.41, 5.74) is 0.476. The molecule has 114 valence electrons. The molecule has 6 nitrogen and oxygen atoms in total. The van der Waals surface area contributed by atoms with Gasteiger partial charge in [0.2, 0.25) is 15.9 Å². The molecule has 1 amide bonds. The summed E-state index contributed by atoms with van der Waals surface area (Å²) in [7, 11) is -2.17. The summed E-state index contributed by atoms with van der Waals surface area (Å²) in [4.78, 5) is 13.1. The molecule has 0 heterocycles. The highest BCUT2D eigenvalue weighted by Crippen LogP contribution is 2.10. The van der Waals surface area contributed by atoms with Gasteiger partial charge in [-0.05, 0) is 25.1 Å². The molecular weight excluding hydrogens is 292 g/mol. The summed E-state index contributed by atoms with van der Waals surface area (Å²) >= 11 is 0. The van der Waals surface area contributed by atoms with Gasteiger partial charge in [0.15, 0.2) is 0 Å². The maximum absolute atomic E-state index is 12.1. The first-order chi connectivity index (χ1) is 9.90. The predicted molar refractivity (Wildman–Crippen MR) is 78.9 cm³/mol. The van der Waals surface area contributed by atoms with Crippen LogP contribution in [0.1, 0.15) is 12.5 Å². The molecule has 0 atom stereocenters. The molecule has 2 N–H and O–H groups in total. The number of nitrogens with zero attached hydrogens (tertiary/aromatic N) is 1. The van der Waals surface area contributed by atoms with Gasteiger partial charge < -0.3 is 10.0 Å². The van der Waals surface area contributed by atoms with Crippen LogP contribution in [-0.2, 0) is 14.8 Å². The van der Waals surface area contributed by atoms with E-state index >= 15 is 0 Å². The molecule has 1 rings (SSSR count). The van der Waals surface area contributed by atoms with Crippen molar-refractivity contribution in [1.29, 1.82) is 0 Å². The Labute approximate surface area is 124 Å². The van der Waals surface area contributed by atoms with Gasteiger partial charge in [0, 0.05) is 19.2 Å². The Balaban J connectivity index is 2.86. The SMILES string of the molecule is CCN(C)C(=O)CNS(=O)(=O)c1cccc(C#CCO)c1. The van der Waals surface area contributed by atoms with Crippen molar-refractivity contribution >= 4 is 15.9 Å². The molecule has 0 spiro atoms. The maximum Gasteiger partial charge on any atom is 0.241 e. The fourth-order valence-corrected chi connectivity index (χ4v) is 2.45. The number of carbonyl (C=O) groups excluding carboxylic acids is 1. The Bertz CT molecular complexity index is 659. The van der Waals surface area contributed by atoms with Gasteiger partial charge in [0.25, 0.3) is 0 Å². The first-order valence-corrected chi connectivity index (χ1v) is 7.82. The second-order valence-corrected chi connectivity index (χ2v) is 5.99. The summed E-state index contributed by atoms with van der Waals surface area (Å²) in [5, 5.41) is 8.63. The van der Waals surface area contributed by atoms with Crippen LogP contribution in [-0.4, -0.2) is 51.1 Å². The van der Waals surface area contributed by atoms with Gasteiger partial charge in [0.05, 0.1) is 11.4 Å². The number of rotatable bonds is 5. The molecular formula is C14H18N2O4S. The maximum atomic E-state index is 12.1. The highest BCUT2D eigenvalue weighted by atomic mass is 32.2. The minimum atomic E-state index is -3.77. The van der Waals surface area contributed by atoms with Gasteiger partial charge in [0.1, 0.15) is 6.61 Å². The molecule has 0 aliphatic rings. The quantitative estimate of drug-likeness (QED) is 0.737. The van der Waals surface area contributed by atoms with Gasteiger partial charge in [-0.15, -0.1) is 0 Å². The first-order valence-electron chi connectivity index (χ1n) is 6.34. The van der Waals surface area contributed by atoms with Crippen molar-refractivity contribution in [2.45, 2.75) is 11.8 Å². The van der Waals surface area contributed by atoms with E-state index in [-0.39, 0.29) is 24.0 Å². The number of likely N-dealkylation sites (N-methyl/N-ethyl adjacent to an activating group) is 1. The number of benzene rings is 1. The van der Waals surface area contributed by atoms with Crippen LogP contribution in [0.15, 0.2) is 29.2 Å². The molecule has 0 aliphatic carbocycles. The Morgan fingerprint density at radius 1 is 1.43 bits per heavy atom.